The predicted molar refractivity (Wildman–Crippen MR) is 136 cm³/mol. The fourth-order valence-corrected chi connectivity index (χ4v) is 4.54. The second-order valence-corrected chi connectivity index (χ2v) is 8.36. The van der Waals surface area contributed by atoms with E-state index in [4.69, 9.17) is 14.2 Å². The highest BCUT2D eigenvalue weighted by atomic mass is 16.5. The first kappa shape index (κ1) is 22.0. The molecule has 1 atom stereocenters. The predicted octanol–water partition coefficient (Wildman–Crippen LogP) is 6.83. The molecule has 0 amide bonds. The summed E-state index contributed by atoms with van der Waals surface area (Å²) in [5.74, 6) is 1.72. The highest BCUT2D eigenvalue weighted by Crippen LogP contribution is 2.41. The third kappa shape index (κ3) is 4.35. The van der Waals surface area contributed by atoms with Crippen molar-refractivity contribution in [3.63, 3.8) is 0 Å². The van der Waals surface area contributed by atoms with Crippen LogP contribution in [0.25, 0.3) is 5.76 Å². The summed E-state index contributed by atoms with van der Waals surface area (Å²) in [6.07, 6.45) is 2.88. The Hall–Kier alpha value is -3.82. The lowest BCUT2D eigenvalue weighted by atomic mass is 9.80. The Morgan fingerprint density at radius 2 is 1.21 bits per heavy atom. The normalized spacial score (nSPS) is 15.4. The number of ether oxygens (including phenoxy) is 3. The maximum Gasteiger partial charge on any atom is 0.143 e. The van der Waals surface area contributed by atoms with Crippen molar-refractivity contribution in [3.05, 3.63) is 144 Å². The molecule has 5 rings (SSSR count). The molecule has 0 N–H and O–H groups in total. The Balaban J connectivity index is 1.44. The molecule has 0 bridgehead atoms. The van der Waals surface area contributed by atoms with E-state index in [0.717, 1.165) is 40.2 Å². The van der Waals surface area contributed by atoms with Gasteiger partial charge in [-0.25, -0.2) is 0 Å². The molecule has 1 heterocycles. The van der Waals surface area contributed by atoms with Crippen molar-refractivity contribution in [2.45, 2.75) is 18.1 Å². The van der Waals surface area contributed by atoms with Crippen LogP contribution in [-0.4, -0.2) is 19.8 Å². The van der Waals surface area contributed by atoms with Crippen LogP contribution in [-0.2, 0) is 15.1 Å². The first-order chi connectivity index (χ1) is 16.8. The molecule has 0 saturated carbocycles. The van der Waals surface area contributed by atoms with Crippen LogP contribution in [0.15, 0.2) is 121 Å². The van der Waals surface area contributed by atoms with Crippen molar-refractivity contribution in [2.75, 3.05) is 13.7 Å². The van der Waals surface area contributed by atoms with Gasteiger partial charge in [0, 0.05) is 12.0 Å². The van der Waals surface area contributed by atoms with Gasteiger partial charge < -0.3 is 14.2 Å². The van der Waals surface area contributed by atoms with Crippen LogP contribution in [0.4, 0.5) is 0 Å². The van der Waals surface area contributed by atoms with Gasteiger partial charge >= 0.3 is 0 Å². The smallest absolute Gasteiger partial charge is 0.143 e. The Morgan fingerprint density at radius 1 is 0.706 bits per heavy atom. The number of benzene rings is 4. The molecule has 4 aromatic carbocycles. The molecule has 0 fully saturated rings. The van der Waals surface area contributed by atoms with Gasteiger partial charge in [-0.2, -0.15) is 0 Å². The van der Waals surface area contributed by atoms with E-state index < -0.39 is 5.60 Å². The summed E-state index contributed by atoms with van der Waals surface area (Å²) < 4.78 is 18.5. The number of rotatable bonds is 8. The van der Waals surface area contributed by atoms with Gasteiger partial charge in [0.2, 0.25) is 0 Å². The third-order valence-electron chi connectivity index (χ3n) is 6.26. The van der Waals surface area contributed by atoms with Crippen molar-refractivity contribution in [2.24, 2.45) is 0 Å². The number of methoxy groups -OCH3 is 1. The van der Waals surface area contributed by atoms with Gasteiger partial charge in [-0.15, -0.1) is 0 Å². The number of hydrogen-bond donors (Lipinski definition) is 0. The lowest BCUT2D eigenvalue weighted by molar-refractivity contribution is -0.0321. The summed E-state index contributed by atoms with van der Waals surface area (Å²) in [5.41, 5.74) is 3.58. The quantitative estimate of drug-likeness (QED) is 0.276. The minimum atomic E-state index is -0.740. The standard InChI is InChI=1S/C31H28O3/c1-32-28-19-17-24(18-20-28)30-22-21-29(34-30)23-33-31(25-11-5-2-6-12-25,26-13-7-3-8-14-26)27-15-9-4-10-16-27/h2-20,22,29H,21,23H2,1H3/t29-/m0/s1. The Labute approximate surface area is 201 Å². The molecule has 0 radical (unpaired) electrons. The van der Waals surface area contributed by atoms with Crippen molar-refractivity contribution >= 4 is 5.76 Å². The lowest BCUT2D eigenvalue weighted by Crippen LogP contribution is -2.35. The van der Waals surface area contributed by atoms with Crippen LogP contribution in [0.5, 0.6) is 5.75 Å². The summed E-state index contributed by atoms with van der Waals surface area (Å²) >= 11 is 0. The van der Waals surface area contributed by atoms with Crippen LogP contribution in [0.1, 0.15) is 28.7 Å². The van der Waals surface area contributed by atoms with E-state index >= 15 is 0 Å². The van der Waals surface area contributed by atoms with Crippen LogP contribution in [0, 0.1) is 0 Å². The van der Waals surface area contributed by atoms with E-state index in [-0.39, 0.29) is 6.10 Å². The monoisotopic (exact) mass is 448 g/mol. The highest BCUT2D eigenvalue weighted by molar-refractivity contribution is 5.62. The molecule has 0 saturated heterocycles. The van der Waals surface area contributed by atoms with Gasteiger partial charge in [0.1, 0.15) is 23.2 Å². The van der Waals surface area contributed by atoms with E-state index in [2.05, 4.69) is 78.9 Å². The Bertz CT molecular complexity index is 1120. The molecular formula is C31H28O3. The molecule has 170 valence electrons. The second-order valence-electron chi connectivity index (χ2n) is 8.36. The average Bonchev–Trinajstić information content (AvgIpc) is 3.40. The van der Waals surface area contributed by atoms with E-state index in [9.17, 15) is 0 Å². The van der Waals surface area contributed by atoms with E-state index in [1.54, 1.807) is 7.11 Å². The Morgan fingerprint density at radius 3 is 1.68 bits per heavy atom. The minimum absolute atomic E-state index is 0.0624. The molecule has 0 unspecified atom stereocenters. The lowest BCUT2D eigenvalue weighted by Gasteiger charge is -2.36. The molecule has 3 nitrogen and oxygen atoms in total. The summed E-state index contributed by atoms with van der Waals surface area (Å²) in [6, 6.07) is 39.3. The summed E-state index contributed by atoms with van der Waals surface area (Å²) in [7, 11) is 1.67. The summed E-state index contributed by atoms with van der Waals surface area (Å²) in [4.78, 5) is 0. The SMILES string of the molecule is COc1ccc(C2=CC[C@@H](COC(c3ccccc3)(c3ccccc3)c3ccccc3)O2)cc1. The number of hydrogen-bond acceptors (Lipinski definition) is 3. The molecule has 3 heteroatoms. The zero-order valence-corrected chi connectivity index (χ0v) is 19.3. The van der Waals surface area contributed by atoms with Gasteiger partial charge in [-0.3, -0.25) is 0 Å². The third-order valence-corrected chi connectivity index (χ3v) is 6.26. The first-order valence-electron chi connectivity index (χ1n) is 11.6. The van der Waals surface area contributed by atoms with Crippen molar-refractivity contribution in [1.29, 1.82) is 0 Å². The Kier molecular flexibility index (Phi) is 6.46. The van der Waals surface area contributed by atoms with Crippen molar-refractivity contribution < 1.29 is 14.2 Å². The maximum atomic E-state index is 6.91. The molecule has 0 aromatic heterocycles. The molecule has 34 heavy (non-hydrogen) atoms. The largest absolute Gasteiger partial charge is 0.497 e. The van der Waals surface area contributed by atoms with Crippen LogP contribution in [0.3, 0.4) is 0 Å². The van der Waals surface area contributed by atoms with Crippen LogP contribution in [0.2, 0.25) is 0 Å². The fraction of sp³-hybridized carbons (Fsp3) is 0.161. The highest BCUT2D eigenvalue weighted by Gasteiger charge is 2.38. The van der Waals surface area contributed by atoms with Gasteiger partial charge in [-0.1, -0.05) is 91.0 Å². The first-order valence-corrected chi connectivity index (χ1v) is 11.6. The molecule has 4 aromatic rings. The molecule has 1 aliphatic heterocycles. The zero-order valence-electron chi connectivity index (χ0n) is 19.3. The molecule has 0 aliphatic carbocycles. The molecule has 1 aliphatic rings. The zero-order chi connectivity index (χ0) is 23.2. The average molecular weight is 449 g/mol. The fourth-order valence-electron chi connectivity index (χ4n) is 4.54. The molecule has 0 spiro atoms. The van der Waals surface area contributed by atoms with E-state index in [0.29, 0.717) is 6.61 Å². The second kappa shape index (κ2) is 9.98. The topological polar surface area (TPSA) is 27.7 Å². The summed E-state index contributed by atoms with van der Waals surface area (Å²) in [6.45, 7) is 0.453. The van der Waals surface area contributed by atoms with Gasteiger partial charge in [0.25, 0.3) is 0 Å². The van der Waals surface area contributed by atoms with Crippen LogP contribution >= 0.6 is 0 Å². The molecular weight excluding hydrogens is 420 g/mol. The summed E-state index contributed by atoms with van der Waals surface area (Å²) in [5, 5.41) is 0. The van der Waals surface area contributed by atoms with E-state index in [1.165, 1.54) is 0 Å². The van der Waals surface area contributed by atoms with Crippen molar-refractivity contribution in [3.8, 4) is 5.75 Å². The van der Waals surface area contributed by atoms with Crippen LogP contribution < -0.4 is 4.74 Å². The van der Waals surface area contributed by atoms with Gasteiger partial charge in [0.15, 0.2) is 0 Å². The van der Waals surface area contributed by atoms with Gasteiger partial charge in [-0.05, 0) is 47.0 Å². The van der Waals surface area contributed by atoms with Gasteiger partial charge in [0.05, 0.1) is 13.7 Å². The maximum absolute atomic E-state index is 6.91. The van der Waals surface area contributed by atoms with Crippen molar-refractivity contribution in [1.82, 2.24) is 0 Å². The minimum Gasteiger partial charge on any atom is -0.497 e. The van der Waals surface area contributed by atoms with E-state index in [1.807, 2.05) is 42.5 Å².